The monoisotopic (exact) mass is 504 g/mol. The first-order valence-corrected chi connectivity index (χ1v) is 12.0. The molecular formula is C23H35F3N4O5. The molecule has 9 nitrogen and oxygen atoms in total. The average Bonchev–Trinajstić information content (AvgIpc) is 3.38. The van der Waals surface area contributed by atoms with Gasteiger partial charge < -0.3 is 19.5 Å². The Labute approximate surface area is 203 Å². The quantitative estimate of drug-likeness (QED) is 0.635. The summed E-state index contributed by atoms with van der Waals surface area (Å²) in [6.07, 6.45) is 3.42. The van der Waals surface area contributed by atoms with Gasteiger partial charge in [0.2, 0.25) is 0 Å². The lowest BCUT2D eigenvalue weighted by Crippen LogP contribution is -2.60. The number of rotatable bonds is 6. The van der Waals surface area contributed by atoms with Crippen molar-refractivity contribution in [1.82, 2.24) is 19.6 Å². The number of likely N-dealkylation sites (tertiary alicyclic amines) is 1. The van der Waals surface area contributed by atoms with E-state index in [4.69, 9.17) is 19.4 Å². The van der Waals surface area contributed by atoms with Gasteiger partial charge in [-0.05, 0) is 24.8 Å². The van der Waals surface area contributed by atoms with Crippen LogP contribution in [0.1, 0.15) is 43.7 Å². The number of aliphatic carboxylic acids is 1. The van der Waals surface area contributed by atoms with Crippen LogP contribution < -0.4 is 0 Å². The number of methoxy groups -OCH3 is 1. The van der Waals surface area contributed by atoms with Crippen molar-refractivity contribution in [2.24, 2.45) is 13.0 Å². The van der Waals surface area contributed by atoms with Crippen LogP contribution in [-0.4, -0.2) is 101 Å². The number of hydrogen-bond donors (Lipinski definition) is 1. The number of carboxylic acids is 1. The number of ether oxygens (including phenoxy) is 2. The molecule has 0 radical (unpaired) electrons. The molecule has 198 valence electrons. The number of alkyl halides is 3. The van der Waals surface area contributed by atoms with Crippen molar-refractivity contribution >= 4 is 11.9 Å². The molecule has 1 amide bonds. The molecule has 2 atom stereocenters. The van der Waals surface area contributed by atoms with E-state index in [0.717, 1.165) is 24.7 Å². The number of aromatic nitrogens is 2. The highest BCUT2D eigenvalue weighted by Crippen LogP contribution is 2.42. The standard InChI is InChI=1S/C21H34N4O3.C2HF3O2/c1-23-19(8-9-22-23)18-15-24(14-17-6-4-3-5-7-17)16-21(18)20(26)25(10-12-27-2)11-13-28-21;3-2(4,5)1(6)7/h8-9,17-18H,3-7,10-16H2,1-2H3;(H,6,7). The smallest absolute Gasteiger partial charge is 0.475 e. The normalized spacial score (nSPS) is 26.1. The van der Waals surface area contributed by atoms with E-state index in [2.05, 4.69) is 10.00 Å². The van der Waals surface area contributed by atoms with Crippen LogP contribution in [0, 0.1) is 5.92 Å². The van der Waals surface area contributed by atoms with Gasteiger partial charge in [0.15, 0.2) is 5.60 Å². The van der Waals surface area contributed by atoms with Crippen LogP contribution in [-0.2, 0) is 26.1 Å². The Kier molecular flexibility index (Phi) is 9.16. The van der Waals surface area contributed by atoms with E-state index in [1.54, 1.807) is 7.11 Å². The van der Waals surface area contributed by atoms with Crippen LogP contribution in [0.4, 0.5) is 13.2 Å². The first-order chi connectivity index (χ1) is 16.6. The van der Waals surface area contributed by atoms with Crippen LogP contribution in [0.25, 0.3) is 0 Å². The molecule has 0 bridgehead atoms. The molecular weight excluding hydrogens is 469 g/mol. The minimum atomic E-state index is -5.08. The van der Waals surface area contributed by atoms with Gasteiger partial charge in [-0.2, -0.15) is 18.3 Å². The van der Waals surface area contributed by atoms with Gasteiger partial charge in [-0.15, -0.1) is 0 Å². The lowest BCUT2D eigenvalue weighted by atomic mass is 9.85. The highest BCUT2D eigenvalue weighted by Gasteiger charge is 2.57. The zero-order valence-electron chi connectivity index (χ0n) is 20.3. The summed E-state index contributed by atoms with van der Waals surface area (Å²) < 4.78 is 45.2. The molecule has 12 heteroatoms. The summed E-state index contributed by atoms with van der Waals surface area (Å²) in [5, 5.41) is 11.5. The fourth-order valence-electron chi connectivity index (χ4n) is 5.39. The highest BCUT2D eigenvalue weighted by molar-refractivity contribution is 5.88. The number of nitrogens with zero attached hydrogens (tertiary/aromatic N) is 4. The molecule has 3 heterocycles. The van der Waals surface area contributed by atoms with E-state index in [1.807, 2.05) is 28.9 Å². The number of amides is 1. The van der Waals surface area contributed by atoms with Crippen molar-refractivity contribution in [3.63, 3.8) is 0 Å². The third-order valence-electron chi connectivity index (χ3n) is 7.10. The van der Waals surface area contributed by atoms with Crippen LogP contribution in [0.2, 0.25) is 0 Å². The Balaban J connectivity index is 0.000000429. The highest BCUT2D eigenvalue weighted by atomic mass is 19.4. The summed E-state index contributed by atoms with van der Waals surface area (Å²) in [5.74, 6) is -1.87. The van der Waals surface area contributed by atoms with Gasteiger partial charge in [-0.25, -0.2) is 4.79 Å². The molecule has 1 aromatic heterocycles. The molecule has 0 aromatic carbocycles. The van der Waals surface area contributed by atoms with Crippen LogP contribution in [0.5, 0.6) is 0 Å². The maximum absolute atomic E-state index is 13.6. The molecule has 2 unspecified atom stereocenters. The minimum absolute atomic E-state index is 0.0152. The second-order valence-electron chi connectivity index (χ2n) is 9.46. The predicted octanol–water partition coefficient (Wildman–Crippen LogP) is 2.28. The molecule has 1 aromatic rings. The molecule has 35 heavy (non-hydrogen) atoms. The molecule has 3 aliphatic rings. The van der Waals surface area contributed by atoms with E-state index in [0.29, 0.717) is 32.8 Å². The average molecular weight is 505 g/mol. The second-order valence-corrected chi connectivity index (χ2v) is 9.46. The molecule has 1 saturated carbocycles. The first kappa shape index (κ1) is 27.4. The van der Waals surface area contributed by atoms with E-state index in [-0.39, 0.29) is 11.8 Å². The number of halogens is 3. The molecule has 1 N–H and O–H groups in total. The van der Waals surface area contributed by atoms with Crippen molar-refractivity contribution in [2.45, 2.75) is 49.8 Å². The van der Waals surface area contributed by atoms with Gasteiger partial charge in [0.1, 0.15) is 0 Å². The van der Waals surface area contributed by atoms with Gasteiger partial charge in [0, 0.05) is 58.8 Å². The van der Waals surface area contributed by atoms with Crippen molar-refractivity contribution in [2.75, 3.05) is 53.0 Å². The number of hydrogen-bond acceptors (Lipinski definition) is 6. The lowest BCUT2D eigenvalue weighted by molar-refractivity contribution is -0.192. The van der Waals surface area contributed by atoms with Crippen molar-refractivity contribution in [3.05, 3.63) is 18.0 Å². The summed E-state index contributed by atoms with van der Waals surface area (Å²) >= 11 is 0. The molecule has 2 aliphatic heterocycles. The molecule has 2 saturated heterocycles. The number of carbonyl (C=O) groups excluding carboxylic acids is 1. The molecule has 4 rings (SSSR count). The second kappa shape index (κ2) is 11.7. The maximum atomic E-state index is 13.6. The number of carboxylic acid groups (broad SMARTS) is 1. The van der Waals surface area contributed by atoms with Gasteiger partial charge in [0.25, 0.3) is 5.91 Å². The van der Waals surface area contributed by atoms with Crippen LogP contribution >= 0.6 is 0 Å². The number of aryl methyl sites for hydroxylation is 1. The molecule has 1 spiro atoms. The van der Waals surface area contributed by atoms with Crippen molar-refractivity contribution in [1.29, 1.82) is 0 Å². The SMILES string of the molecule is COCCN1CCOC2(CN(CC3CCCCC3)CC2c2ccnn2C)C1=O.O=C(O)C(F)(F)F. The molecule has 3 fully saturated rings. The Morgan fingerprint density at radius 1 is 1.31 bits per heavy atom. The molecule has 1 aliphatic carbocycles. The zero-order valence-corrected chi connectivity index (χ0v) is 20.3. The number of morpholine rings is 1. The summed E-state index contributed by atoms with van der Waals surface area (Å²) in [7, 11) is 3.64. The van der Waals surface area contributed by atoms with E-state index < -0.39 is 17.7 Å². The largest absolute Gasteiger partial charge is 0.490 e. The fourth-order valence-corrected chi connectivity index (χ4v) is 5.39. The van der Waals surface area contributed by atoms with Gasteiger partial charge in [0.05, 0.1) is 19.1 Å². The van der Waals surface area contributed by atoms with Crippen LogP contribution in [0.3, 0.4) is 0 Å². The third-order valence-corrected chi connectivity index (χ3v) is 7.10. The van der Waals surface area contributed by atoms with Crippen LogP contribution in [0.15, 0.2) is 12.3 Å². The number of carbonyl (C=O) groups is 2. The summed E-state index contributed by atoms with van der Waals surface area (Å²) in [4.78, 5) is 26.9. The summed E-state index contributed by atoms with van der Waals surface area (Å²) in [5.41, 5.74) is 0.294. The first-order valence-electron chi connectivity index (χ1n) is 12.0. The summed E-state index contributed by atoms with van der Waals surface area (Å²) in [6, 6.07) is 2.04. The Bertz CT molecular complexity index is 858. The predicted molar refractivity (Wildman–Crippen MR) is 120 cm³/mol. The minimum Gasteiger partial charge on any atom is -0.475 e. The van der Waals surface area contributed by atoms with Gasteiger partial charge in [-0.1, -0.05) is 19.3 Å². The lowest BCUT2D eigenvalue weighted by Gasteiger charge is -2.42. The fraction of sp³-hybridized carbons (Fsp3) is 0.783. The Morgan fingerprint density at radius 2 is 2.00 bits per heavy atom. The zero-order chi connectivity index (χ0) is 25.6. The van der Waals surface area contributed by atoms with Crippen molar-refractivity contribution < 1.29 is 37.3 Å². The van der Waals surface area contributed by atoms with Crippen molar-refractivity contribution in [3.8, 4) is 0 Å². The van der Waals surface area contributed by atoms with E-state index in [9.17, 15) is 18.0 Å². The topological polar surface area (TPSA) is 97.1 Å². The van der Waals surface area contributed by atoms with Gasteiger partial charge >= 0.3 is 12.1 Å². The van der Waals surface area contributed by atoms with E-state index in [1.165, 1.54) is 32.1 Å². The maximum Gasteiger partial charge on any atom is 0.490 e. The van der Waals surface area contributed by atoms with Gasteiger partial charge in [-0.3, -0.25) is 14.4 Å². The third kappa shape index (κ3) is 6.53. The Hall–Kier alpha value is -2.18. The van der Waals surface area contributed by atoms with E-state index >= 15 is 0 Å². The summed E-state index contributed by atoms with van der Waals surface area (Å²) in [6.45, 7) is 5.03. The Morgan fingerprint density at radius 3 is 2.57 bits per heavy atom.